The van der Waals surface area contributed by atoms with E-state index >= 15 is 0 Å². The maximum absolute atomic E-state index is 8.55. The average Bonchev–Trinajstić information content (AvgIpc) is 1.12. The number of phosphoric acid groups is 2. The van der Waals surface area contributed by atoms with Crippen LogP contribution in [0.2, 0.25) is 0 Å². The van der Waals surface area contributed by atoms with Gasteiger partial charge in [0.25, 0.3) is 0 Å². The van der Waals surface area contributed by atoms with Gasteiger partial charge in [-0.2, -0.15) is 15.6 Å². The van der Waals surface area contributed by atoms with Crippen LogP contribution in [0.4, 0.5) is 0 Å². The van der Waals surface area contributed by atoms with Crippen LogP contribution in [0, 0.1) is 0 Å². The molecule has 70 valence electrons. The van der Waals surface area contributed by atoms with Crippen LogP contribution in [-0.2, 0) is 88.6 Å². The summed E-state index contributed by atoms with van der Waals surface area (Å²) < 4.78 is 17.1. The Morgan fingerprint density at radius 3 is 0.571 bits per heavy atom. The Balaban J connectivity index is -0.0000000178. The van der Waals surface area contributed by atoms with E-state index in [0.29, 0.717) is 0 Å². The summed E-state index contributed by atoms with van der Waals surface area (Å²) in [7, 11) is -10.8. The molecule has 0 aliphatic heterocycles. The number of hydrogen-bond donors (Lipinski definition) is 0. The van der Waals surface area contributed by atoms with E-state index in [1.807, 2.05) is 0 Å². The van der Waals surface area contributed by atoms with Gasteiger partial charge in [0.2, 0.25) is 0 Å². The van der Waals surface area contributed by atoms with Crippen LogP contribution < -0.4 is 29.4 Å². The van der Waals surface area contributed by atoms with E-state index in [2.05, 4.69) is 0 Å². The van der Waals surface area contributed by atoms with Crippen molar-refractivity contribution in [3.05, 3.63) is 0 Å². The average molecular weight is 482 g/mol. The third-order valence-corrected chi connectivity index (χ3v) is 0. The van der Waals surface area contributed by atoms with E-state index < -0.39 is 15.6 Å². The zero-order chi connectivity index (χ0) is 9.00. The molecule has 0 aliphatic rings. The Kier molecular flexibility index (Phi) is 40.5. The van der Waals surface area contributed by atoms with Gasteiger partial charge in [0, 0.05) is 21.1 Å². The summed E-state index contributed by atoms with van der Waals surface area (Å²) in [6.07, 6.45) is 0. The van der Waals surface area contributed by atoms with Crippen LogP contribution in [0.3, 0.4) is 0 Å². The Hall–Kier alpha value is 2.78. The molecule has 14 heavy (non-hydrogen) atoms. The Morgan fingerprint density at radius 1 is 0.571 bits per heavy atom. The van der Waals surface area contributed by atoms with E-state index in [0.717, 1.165) is 0 Å². The van der Waals surface area contributed by atoms with Crippen LogP contribution in [0.25, 0.3) is 0 Å². The first-order chi connectivity index (χ1) is 4.00. The second kappa shape index (κ2) is 15.8. The van der Waals surface area contributed by atoms with Crippen molar-refractivity contribution >= 4 is 15.6 Å². The van der Waals surface area contributed by atoms with Gasteiger partial charge in [0.05, 0.1) is 0 Å². The van der Waals surface area contributed by atoms with E-state index in [1.54, 1.807) is 0 Å². The molecule has 14 heteroatoms. The van der Waals surface area contributed by atoms with Crippen LogP contribution in [0.15, 0.2) is 0 Å². The fourth-order valence-corrected chi connectivity index (χ4v) is 0. The summed E-state index contributed by atoms with van der Waals surface area (Å²) in [4.78, 5) is 51.3. The van der Waals surface area contributed by atoms with Crippen LogP contribution in [0.1, 0.15) is 0 Å². The first kappa shape index (κ1) is 36.0. The van der Waals surface area contributed by atoms with Gasteiger partial charge in [-0.3, -0.25) is 0 Å². The van der Waals surface area contributed by atoms with Gasteiger partial charge in [-0.1, -0.05) is 0 Å². The van der Waals surface area contributed by atoms with Crippen LogP contribution >= 0.6 is 15.6 Å². The van der Waals surface area contributed by atoms with Crippen molar-refractivity contribution in [1.82, 2.24) is 0 Å². The van der Waals surface area contributed by atoms with E-state index in [4.69, 9.17) is 38.5 Å². The summed E-state index contributed by atoms with van der Waals surface area (Å²) in [5, 5.41) is 0. The largest absolute Gasteiger partial charge is 2.00 e. The molecule has 0 aromatic rings. The minimum Gasteiger partial charge on any atom is -0.822 e. The van der Waals surface area contributed by atoms with Crippen molar-refractivity contribution in [1.29, 1.82) is 0 Å². The Bertz CT molecular complexity index is 135. The van der Waals surface area contributed by atoms with E-state index in [-0.39, 0.29) is 79.5 Å². The van der Waals surface area contributed by atoms with Gasteiger partial charge < -0.3 is 38.5 Å². The molecular formula is MoO8P2Zn3. The molecule has 0 atom stereocenters. The number of rotatable bonds is 0. The normalized spacial score (nSPS) is 8.43. The Morgan fingerprint density at radius 2 is 0.571 bits per heavy atom. The van der Waals surface area contributed by atoms with Gasteiger partial charge in [0.1, 0.15) is 0 Å². The molecule has 0 heterocycles. The summed E-state index contributed by atoms with van der Waals surface area (Å²) in [5.41, 5.74) is 0. The van der Waals surface area contributed by atoms with Crippen molar-refractivity contribution in [2.24, 2.45) is 0 Å². The van der Waals surface area contributed by atoms with Crippen molar-refractivity contribution in [3.8, 4) is 0 Å². The molecule has 8 nitrogen and oxygen atoms in total. The molecule has 0 rings (SSSR count). The van der Waals surface area contributed by atoms with Crippen LogP contribution in [0.5, 0.6) is 0 Å². The number of hydrogen-bond acceptors (Lipinski definition) is 8. The standard InChI is InChI=1S/Mo.2H3O4P.3Zn/c;2*1-5(2,3)4;;;/h;2*(H3,1,2,3,4);;;/q;;;3*+2/p-6. The molecule has 0 radical (unpaired) electrons. The fourth-order valence-electron chi connectivity index (χ4n) is 0. The smallest absolute Gasteiger partial charge is 0.822 e. The topological polar surface area (TPSA) is 172 Å². The molecule has 0 fully saturated rings. The maximum atomic E-state index is 8.55. The summed E-state index contributed by atoms with van der Waals surface area (Å²) in [6.45, 7) is 0. The van der Waals surface area contributed by atoms with Crippen LogP contribution in [-0.4, -0.2) is 0 Å². The second-order valence-electron chi connectivity index (χ2n) is 0.894. The third-order valence-electron chi connectivity index (χ3n) is 0. The molecule has 0 N–H and O–H groups in total. The molecule has 0 saturated carbocycles. The van der Waals surface area contributed by atoms with Gasteiger partial charge in [-0.05, 0) is 0 Å². The Labute approximate surface area is 132 Å². The van der Waals surface area contributed by atoms with Crippen molar-refractivity contribution in [2.45, 2.75) is 0 Å². The molecular weight excluding hydrogens is 482 g/mol. The van der Waals surface area contributed by atoms with Gasteiger partial charge in [-0.25, -0.2) is 0 Å². The molecule has 0 unspecified atom stereocenters. The minimum absolute atomic E-state index is 0. The summed E-state index contributed by atoms with van der Waals surface area (Å²) in [5.74, 6) is 0. The van der Waals surface area contributed by atoms with Gasteiger partial charge in [0.15, 0.2) is 0 Å². The van der Waals surface area contributed by atoms with Crippen molar-refractivity contribution in [2.75, 3.05) is 0 Å². The first-order valence-electron chi connectivity index (χ1n) is 1.46. The van der Waals surface area contributed by atoms with E-state index in [1.165, 1.54) is 0 Å². The molecule has 0 amide bonds. The summed E-state index contributed by atoms with van der Waals surface area (Å²) in [6, 6.07) is 0. The second-order valence-corrected chi connectivity index (χ2v) is 2.68. The first-order valence-corrected chi connectivity index (χ1v) is 4.38. The zero-order valence-electron chi connectivity index (χ0n) is 6.69. The molecule has 0 aliphatic carbocycles. The fraction of sp³-hybridized carbons (Fsp3) is 0. The molecule has 0 aromatic heterocycles. The molecule has 0 bridgehead atoms. The van der Waals surface area contributed by atoms with Crippen molar-refractivity contribution < 1.29 is 118 Å². The SMILES string of the molecule is O=P([O-])([O-])[O-].O=P([O-])([O-])[O-].[Mo].[Zn+2].[Zn+2].[Zn+2]. The predicted octanol–water partition coefficient (Wildman–Crippen LogP) is -5.66. The van der Waals surface area contributed by atoms with Gasteiger partial charge >= 0.3 is 58.4 Å². The van der Waals surface area contributed by atoms with E-state index in [9.17, 15) is 0 Å². The minimum atomic E-state index is -5.39. The monoisotopic (exact) mass is 480 g/mol. The zero-order valence-corrected chi connectivity index (χ0v) is 19.4. The molecule has 0 spiro atoms. The predicted molar refractivity (Wildman–Crippen MR) is 15.2 cm³/mol. The van der Waals surface area contributed by atoms with Crippen molar-refractivity contribution in [3.63, 3.8) is 0 Å². The maximum Gasteiger partial charge on any atom is 2.00 e. The van der Waals surface area contributed by atoms with Gasteiger partial charge in [-0.15, -0.1) is 0 Å². The third kappa shape index (κ3) is 363. The quantitative estimate of drug-likeness (QED) is 0.243. The molecule has 0 aromatic carbocycles. The molecule has 0 saturated heterocycles. The summed E-state index contributed by atoms with van der Waals surface area (Å²) >= 11 is 0.